The first kappa shape index (κ1) is 13.5. The van der Waals surface area contributed by atoms with E-state index in [4.69, 9.17) is 5.11 Å². The summed E-state index contributed by atoms with van der Waals surface area (Å²) in [6.45, 7) is 3.03. The number of anilines is 1. The van der Waals surface area contributed by atoms with E-state index in [0.717, 1.165) is 19.4 Å². The van der Waals surface area contributed by atoms with Gasteiger partial charge in [0, 0.05) is 6.54 Å². The number of carbonyl (C=O) groups is 1. The van der Waals surface area contributed by atoms with E-state index in [-0.39, 0.29) is 11.1 Å². The summed E-state index contributed by atoms with van der Waals surface area (Å²) in [5.74, 6) is -0.454. The summed E-state index contributed by atoms with van der Waals surface area (Å²) in [6, 6.07) is 8.52. The molecule has 5 heteroatoms. The summed E-state index contributed by atoms with van der Waals surface area (Å²) in [4.78, 5) is 18.7. The Morgan fingerprint density at radius 1 is 1.24 bits per heavy atom. The monoisotopic (exact) mass is 283 g/mol. The summed E-state index contributed by atoms with van der Waals surface area (Å²) in [6.07, 6.45) is 4.82. The summed E-state index contributed by atoms with van der Waals surface area (Å²) < 4.78 is 0. The normalized spacial score (nSPS) is 15.5. The Balaban J connectivity index is 1.64. The molecule has 0 saturated carbocycles. The molecule has 3 rings (SSSR count). The molecule has 1 aliphatic carbocycles. The van der Waals surface area contributed by atoms with Crippen LogP contribution in [0.15, 0.2) is 36.7 Å². The molecule has 0 aliphatic heterocycles. The zero-order valence-corrected chi connectivity index (χ0v) is 11.8. The smallest absolute Gasteiger partial charge is 0.356 e. The third-order valence-electron chi connectivity index (χ3n) is 3.92. The molecule has 0 bridgehead atoms. The number of carboxylic acids is 1. The van der Waals surface area contributed by atoms with Crippen molar-refractivity contribution in [1.82, 2.24) is 9.97 Å². The van der Waals surface area contributed by atoms with Crippen molar-refractivity contribution in [3.8, 4) is 0 Å². The van der Waals surface area contributed by atoms with Crippen LogP contribution in [0, 0.1) is 5.41 Å². The second kappa shape index (κ2) is 5.16. The van der Waals surface area contributed by atoms with Crippen LogP contribution < -0.4 is 5.32 Å². The Morgan fingerprint density at radius 2 is 1.90 bits per heavy atom. The average Bonchev–Trinajstić information content (AvgIpc) is 2.82. The molecule has 108 valence electrons. The number of hydrogen-bond acceptors (Lipinski definition) is 4. The molecule has 0 atom stereocenters. The van der Waals surface area contributed by atoms with Crippen LogP contribution in [0.2, 0.25) is 0 Å². The van der Waals surface area contributed by atoms with Crippen molar-refractivity contribution in [2.45, 2.75) is 19.8 Å². The van der Waals surface area contributed by atoms with Gasteiger partial charge in [-0.05, 0) is 29.4 Å². The van der Waals surface area contributed by atoms with Gasteiger partial charge in [0.15, 0.2) is 5.69 Å². The van der Waals surface area contributed by atoms with Gasteiger partial charge in [-0.1, -0.05) is 31.2 Å². The van der Waals surface area contributed by atoms with Gasteiger partial charge in [-0.25, -0.2) is 14.8 Å². The van der Waals surface area contributed by atoms with Crippen molar-refractivity contribution in [2.24, 2.45) is 5.41 Å². The SMILES string of the molecule is CC1(CNc2cnc(C(=O)O)cn2)Cc2ccccc2C1. The number of rotatable bonds is 4. The molecule has 0 saturated heterocycles. The number of nitrogens with zero attached hydrogens (tertiary/aromatic N) is 2. The summed E-state index contributed by atoms with van der Waals surface area (Å²) >= 11 is 0. The van der Waals surface area contributed by atoms with Crippen molar-refractivity contribution in [3.63, 3.8) is 0 Å². The van der Waals surface area contributed by atoms with E-state index in [9.17, 15) is 4.79 Å². The fourth-order valence-corrected chi connectivity index (χ4v) is 2.84. The maximum atomic E-state index is 10.7. The van der Waals surface area contributed by atoms with Crippen LogP contribution in [-0.4, -0.2) is 27.6 Å². The quantitative estimate of drug-likeness (QED) is 0.901. The van der Waals surface area contributed by atoms with Crippen LogP contribution in [0.3, 0.4) is 0 Å². The van der Waals surface area contributed by atoms with Crippen molar-refractivity contribution in [2.75, 3.05) is 11.9 Å². The van der Waals surface area contributed by atoms with Gasteiger partial charge in [0.2, 0.25) is 0 Å². The zero-order valence-electron chi connectivity index (χ0n) is 11.8. The third kappa shape index (κ3) is 2.86. The number of hydrogen-bond donors (Lipinski definition) is 2. The largest absolute Gasteiger partial charge is 0.476 e. The van der Waals surface area contributed by atoms with Gasteiger partial charge in [0.1, 0.15) is 5.82 Å². The summed E-state index contributed by atoms with van der Waals surface area (Å²) in [5.41, 5.74) is 2.93. The second-order valence-corrected chi connectivity index (χ2v) is 5.88. The first-order chi connectivity index (χ1) is 10.1. The molecule has 1 aromatic heterocycles. The van der Waals surface area contributed by atoms with E-state index in [2.05, 4.69) is 46.5 Å². The van der Waals surface area contributed by atoms with Gasteiger partial charge in [0.05, 0.1) is 12.4 Å². The molecule has 2 aromatic rings. The minimum absolute atomic E-state index is 0.0416. The molecular formula is C16H17N3O2. The topological polar surface area (TPSA) is 75.1 Å². The van der Waals surface area contributed by atoms with Gasteiger partial charge in [-0.3, -0.25) is 0 Å². The van der Waals surface area contributed by atoms with E-state index >= 15 is 0 Å². The molecule has 0 radical (unpaired) electrons. The fourth-order valence-electron chi connectivity index (χ4n) is 2.84. The lowest BCUT2D eigenvalue weighted by Gasteiger charge is -2.24. The van der Waals surface area contributed by atoms with Crippen LogP contribution in [0.5, 0.6) is 0 Å². The number of aromatic nitrogens is 2. The number of benzene rings is 1. The lowest BCUT2D eigenvalue weighted by molar-refractivity contribution is 0.0690. The Bertz CT molecular complexity index is 642. The molecule has 0 fully saturated rings. The van der Waals surface area contributed by atoms with Crippen molar-refractivity contribution < 1.29 is 9.90 Å². The number of nitrogens with one attached hydrogen (secondary N) is 1. The highest BCUT2D eigenvalue weighted by Crippen LogP contribution is 2.36. The molecule has 21 heavy (non-hydrogen) atoms. The van der Waals surface area contributed by atoms with Crippen LogP contribution in [0.25, 0.3) is 0 Å². The highest BCUT2D eigenvalue weighted by Gasteiger charge is 2.32. The molecular weight excluding hydrogens is 266 g/mol. The van der Waals surface area contributed by atoms with Gasteiger partial charge in [0.25, 0.3) is 0 Å². The Labute approximate surface area is 123 Å². The maximum absolute atomic E-state index is 10.7. The second-order valence-electron chi connectivity index (χ2n) is 5.88. The number of carboxylic acid groups (broad SMARTS) is 1. The molecule has 1 aromatic carbocycles. The molecule has 0 amide bonds. The first-order valence-electron chi connectivity index (χ1n) is 6.92. The van der Waals surface area contributed by atoms with Crippen LogP contribution in [0.1, 0.15) is 28.5 Å². The maximum Gasteiger partial charge on any atom is 0.356 e. The van der Waals surface area contributed by atoms with Gasteiger partial charge in [-0.2, -0.15) is 0 Å². The number of aromatic carboxylic acids is 1. The van der Waals surface area contributed by atoms with E-state index in [1.165, 1.54) is 23.5 Å². The van der Waals surface area contributed by atoms with Crippen molar-refractivity contribution in [1.29, 1.82) is 0 Å². The summed E-state index contributed by atoms with van der Waals surface area (Å²) in [7, 11) is 0. The Hall–Kier alpha value is -2.43. The highest BCUT2D eigenvalue weighted by molar-refractivity contribution is 5.84. The molecule has 0 spiro atoms. The van der Waals surface area contributed by atoms with Crippen LogP contribution in [0.4, 0.5) is 5.82 Å². The lowest BCUT2D eigenvalue weighted by atomic mass is 9.87. The molecule has 1 aliphatic rings. The predicted octanol–water partition coefficient (Wildman–Crippen LogP) is 2.39. The molecule has 0 unspecified atom stereocenters. The fraction of sp³-hybridized carbons (Fsp3) is 0.312. The predicted molar refractivity (Wildman–Crippen MR) is 79.4 cm³/mol. The standard InChI is InChI=1S/C16H17N3O2/c1-16(6-11-4-2-3-5-12(11)7-16)10-19-14-9-17-13(8-18-14)15(20)21/h2-5,8-9H,6-7,10H2,1H3,(H,18,19)(H,20,21). The van der Waals surface area contributed by atoms with Crippen LogP contribution >= 0.6 is 0 Å². The first-order valence-corrected chi connectivity index (χ1v) is 6.92. The van der Waals surface area contributed by atoms with Crippen molar-refractivity contribution in [3.05, 3.63) is 53.5 Å². The molecule has 1 heterocycles. The Morgan fingerprint density at radius 3 is 2.43 bits per heavy atom. The van der Waals surface area contributed by atoms with Crippen molar-refractivity contribution >= 4 is 11.8 Å². The van der Waals surface area contributed by atoms with Gasteiger partial charge in [-0.15, -0.1) is 0 Å². The van der Waals surface area contributed by atoms with E-state index in [0.29, 0.717) is 5.82 Å². The minimum Gasteiger partial charge on any atom is -0.476 e. The molecule has 2 N–H and O–H groups in total. The van der Waals surface area contributed by atoms with E-state index in [1.807, 2.05) is 0 Å². The molecule has 5 nitrogen and oxygen atoms in total. The minimum atomic E-state index is -1.06. The lowest BCUT2D eigenvalue weighted by Crippen LogP contribution is -2.27. The van der Waals surface area contributed by atoms with Gasteiger partial charge >= 0.3 is 5.97 Å². The van der Waals surface area contributed by atoms with E-state index in [1.54, 1.807) is 0 Å². The zero-order chi connectivity index (χ0) is 14.9. The third-order valence-corrected chi connectivity index (χ3v) is 3.92. The summed E-state index contributed by atoms with van der Waals surface area (Å²) in [5, 5.41) is 12.1. The van der Waals surface area contributed by atoms with Gasteiger partial charge < -0.3 is 10.4 Å². The number of fused-ring (bicyclic) bond motifs is 1. The average molecular weight is 283 g/mol. The highest BCUT2D eigenvalue weighted by atomic mass is 16.4. The van der Waals surface area contributed by atoms with Crippen LogP contribution in [-0.2, 0) is 12.8 Å². The Kier molecular flexibility index (Phi) is 3.33. The van der Waals surface area contributed by atoms with E-state index < -0.39 is 5.97 Å².